The van der Waals surface area contributed by atoms with E-state index in [4.69, 9.17) is 0 Å². The number of benzene rings is 2. The van der Waals surface area contributed by atoms with Gasteiger partial charge in [0, 0.05) is 25.8 Å². The zero-order valence-corrected chi connectivity index (χ0v) is 18.0. The average molecular weight is 483 g/mol. The lowest BCUT2D eigenvalue weighted by molar-refractivity contribution is -0.138. The van der Waals surface area contributed by atoms with Crippen LogP contribution in [-0.4, -0.2) is 35.6 Å². The third-order valence-electron chi connectivity index (χ3n) is 5.64. The summed E-state index contributed by atoms with van der Waals surface area (Å²) in [7, 11) is 0. The monoisotopic (exact) mass is 483 g/mol. The average Bonchev–Trinajstić information content (AvgIpc) is 2.81. The highest BCUT2D eigenvalue weighted by atomic mass is 19.4. The van der Waals surface area contributed by atoms with E-state index >= 15 is 0 Å². The Kier molecular flexibility index (Phi) is 7.86. The molecule has 182 valence electrons. The van der Waals surface area contributed by atoms with Crippen LogP contribution in [0.4, 0.5) is 26.3 Å². The molecule has 0 bridgehead atoms. The molecule has 9 heteroatoms. The number of alkyl halides is 6. The Morgan fingerprint density at radius 2 is 1.41 bits per heavy atom. The summed E-state index contributed by atoms with van der Waals surface area (Å²) in [6, 6.07) is 8.51. The molecule has 0 spiro atoms. The Bertz CT molecular complexity index is 978. The van der Waals surface area contributed by atoms with E-state index in [0.29, 0.717) is 29.8 Å². The second-order valence-corrected chi connectivity index (χ2v) is 8.06. The first-order chi connectivity index (χ1) is 16.0. The number of aliphatic hydroxyl groups is 1. The first-order valence-electron chi connectivity index (χ1n) is 10.6. The second-order valence-electron chi connectivity index (χ2n) is 8.06. The van der Waals surface area contributed by atoms with Crippen LogP contribution in [0.15, 0.2) is 66.8 Å². The molecule has 0 saturated carbocycles. The highest BCUT2D eigenvalue weighted by molar-refractivity contribution is 5.89. The van der Waals surface area contributed by atoms with Crippen molar-refractivity contribution in [1.82, 2.24) is 4.90 Å². The predicted molar refractivity (Wildman–Crippen MR) is 115 cm³/mol. The van der Waals surface area contributed by atoms with Gasteiger partial charge in [-0.3, -0.25) is 4.79 Å². The highest BCUT2D eigenvalue weighted by Crippen LogP contribution is 2.33. The Hall–Kier alpha value is -3.07. The largest absolute Gasteiger partial charge is 0.416 e. The molecule has 1 N–H and O–H groups in total. The topological polar surface area (TPSA) is 40.5 Å². The van der Waals surface area contributed by atoms with Gasteiger partial charge >= 0.3 is 12.4 Å². The van der Waals surface area contributed by atoms with Gasteiger partial charge in [0.05, 0.1) is 11.1 Å². The van der Waals surface area contributed by atoms with Gasteiger partial charge in [0.25, 0.3) is 0 Å². The zero-order chi connectivity index (χ0) is 24.9. The fourth-order valence-corrected chi connectivity index (χ4v) is 3.78. The Balaban J connectivity index is 1.90. The van der Waals surface area contributed by atoms with Gasteiger partial charge < -0.3 is 10.0 Å². The zero-order valence-electron chi connectivity index (χ0n) is 18.0. The van der Waals surface area contributed by atoms with Crippen LogP contribution in [0.2, 0.25) is 0 Å². The molecule has 1 heterocycles. The van der Waals surface area contributed by atoms with Gasteiger partial charge in [-0.15, -0.1) is 0 Å². The van der Waals surface area contributed by atoms with Gasteiger partial charge in [0.15, 0.2) is 0 Å². The summed E-state index contributed by atoms with van der Waals surface area (Å²) in [6.07, 6.45) is -3.24. The van der Waals surface area contributed by atoms with Gasteiger partial charge in [-0.25, -0.2) is 0 Å². The lowest BCUT2D eigenvalue weighted by Gasteiger charge is -2.31. The molecule has 0 radical (unpaired) electrons. The van der Waals surface area contributed by atoms with E-state index in [9.17, 15) is 36.2 Å². The fourth-order valence-electron chi connectivity index (χ4n) is 3.78. The minimum atomic E-state index is -4.52. The third kappa shape index (κ3) is 6.50. The summed E-state index contributed by atoms with van der Waals surface area (Å²) in [5.74, 6) is -0.273. The van der Waals surface area contributed by atoms with Crippen molar-refractivity contribution in [2.75, 3.05) is 19.7 Å². The van der Waals surface area contributed by atoms with Crippen LogP contribution in [0.3, 0.4) is 0 Å². The van der Waals surface area contributed by atoms with Crippen molar-refractivity contribution < 1.29 is 36.2 Å². The van der Waals surface area contributed by atoms with Crippen LogP contribution in [0.1, 0.15) is 35.1 Å². The number of amides is 1. The van der Waals surface area contributed by atoms with Gasteiger partial charge in [-0.05, 0) is 59.7 Å². The second kappa shape index (κ2) is 10.5. The number of hydrogen-bond acceptors (Lipinski definition) is 2. The number of hydrogen-bond donors (Lipinski definition) is 1. The maximum atomic E-state index is 12.9. The number of piperidine rings is 1. The number of allylic oxidation sites excluding steroid dienone is 2. The van der Waals surface area contributed by atoms with E-state index in [2.05, 4.69) is 0 Å². The molecule has 1 unspecified atom stereocenters. The van der Waals surface area contributed by atoms with Crippen LogP contribution in [0.5, 0.6) is 0 Å². The molecule has 1 atom stereocenters. The first-order valence-corrected chi connectivity index (χ1v) is 10.6. The smallest absolute Gasteiger partial charge is 0.396 e. The molecule has 2 aromatic rings. The maximum absolute atomic E-state index is 12.9. The van der Waals surface area contributed by atoms with Crippen molar-refractivity contribution >= 4 is 11.5 Å². The summed E-state index contributed by atoms with van der Waals surface area (Å²) in [6.45, 7) is 0.960. The lowest BCUT2D eigenvalue weighted by Crippen LogP contribution is -2.40. The molecule has 3 rings (SSSR count). The van der Waals surface area contributed by atoms with Crippen LogP contribution >= 0.6 is 0 Å². The van der Waals surface area contributed by atoms with Gasteiger partial charge in [0.1, 0.15) is 0 Å². The molecule has 34 heavy (non-hydrogen) atoms. The first kappa shape index (κ1) is 25.6. The van der Waals surface area contributed by atoms with E-state index in [1.165, 1.54) is 42.5 Å². The molecule has 0 aliphatic carbocycles. The SMILES string of the molecule is O=C(/C=C/C=C(c1ccc(C(F)(F)F)cc1)c1ccc(C(F)(F)F)cc1)N1CCCC(CO)C1. The predicted octanol–water partition coefficient (Wildman–Crippen LogP) is 5.94. The number of aliphatic hydroxyl groups excluding tert-OH is 1. The van der Waals surface area contributed by atoms with Crippen molar-refractivity contribution in [2.24, 2.45) is 5.92 Å². The van der Waals surface area contributed by atoms with E-state index in [1.54, 1.807) is 4.90 Å². The van der Waals surface area contributed by atoms with Gasteiger partial charge in [-0.1, -0.05) is 36.4 Å². The molecule has 3 nitrogen and oxygen atoms in total. The summed E-state index contributed by atoms with van der Waals surface area (Å²) in [5.41, 5.74) is -0.640. The Morgan fingerprint density at radius 1 is 0.912 bits per heavy atom. The fraction of sp³-hybridized carbons (Fsp3) is 0.320. The van der Waals surface area contributed by atoms with E-state index in [1.807, 2.05) is 0 Å². The molecule has 1 aliphatic rings. The Labute approximate surface area is 193 Å². The minimum Gasteiger partial charge on any atom is -0.396 e. The molecule has 1 aliphatic heterocycles. The highest BCUT2D eigenvalue weighted by Gasteiger charge is 2.31. The number of carbonyl (C=O) groups is 1. The van der Waals surface area contributed by atoms with Crippen LogP contribution in [0.25, 0.3) is 5.57 Å². The number of nitrogens with zero attached hydrogens (tertiary/aromatic N) is 1. The maximum Gasteiger partial charge on any atom is 0.416 e. The molecule has 1 fully saturated rings. The van der Waals surface area contributed by atoms with Crippen molar-refractivity contribution in [3.63, 3.8) is 0 Å². The normalized spacial score (nSPS) is 17.1. The van der Waals surface area contributed by atoms with Gasteiger partial charge in [0.2, 0.25) is 5.91 Å². The molecule has 2 aromatic carbocycles. The van der Waals surface area contributed by atoms with Crippen molar-refractivity contribution in [2.45, 2.75) is 25.2 Å². The third-order valence-corrected chi connectivity index (χ3v) is 5.64. The van der Waals surface area contributed by atoms with E-state index in [0.717, 1.165) is 37.1 Å². The molecule has 1 saturated heterocycles. The van der Waals surface area contributed by atoms with Crippen LogP contribution in [0, 0.1) is 5.92 Å². The van der Waals surface area contributed by atoms with E-state index < -0.39 is 23.5 Å². The quantitative estimate of drug-likeness (QED) is 0.325. The summed E-state index contributed by atoms with van der Waals surface area (Å²) < 4.78 is 77.6. The molecule has 0 aromatic heterocycles. The molecular formula is C25H23F6NO2. The number of rotatable bonds is 5. The van der Waals surface area contributed by atoms with Crippen molar-refractivity contribution in [3.05, 3.63) is 89.0 Å². The Morgan fingerprint density at radius 3 is 1.85 bits per heavy atom. The number of likely N-dealkylation sites (tertiary alicyclic amines) is 1. The molecular weight excluding hydrogens is 460 g/mol. The van der Waals surface area contributed by atoms with Crippen LogP contribution < -0.4 is 0 Å². The van der Waals surface area contributed by atoms with E-state index in [-0.39, 0.29) is 18.4 Å². The summed E-state index contributed by atoms with van der Waals surface area (Å²) in [5, 5.41) is 9.32. The van der Waals surface area contributed by atoms with Crippen molar-refractivity contribution in [1.29, 1.82) is 0 Å². The number of halogens is 6. The lowest BCUT2D eigenvalue weighted by atomic mass is 9.95. The number of carbonyl (C=O) groups excluding carboxylic acids is 1. The summed E-state index contributed by atoms with van der Waals surface area (Å²) >= 11 is 0. The minimum absolute atomic E-state index is 0.0106. The standard InChI is InChI=1S/C25H23F6NO2/c26-24(27,28)20-10-6-18(7-11-20)22(19-8-12-21(13-9-19)25(29,30)31)4-1-5-23(34)32-14-2-3-17(15-32)16-33/h1,4-13,17,33H,2-3,14-16H2/b5-1+. The molecule has 1 amide bonds. The van der Waals surface area contributed by atoms with Crippen LogP contribution in [-0.2, 0) is 17.1 Å². The van der Waals surface area contributed by atoms with Gasteiger partial charge in [-0.2, -0.15) is 26.3 Å². The summed E-state index contributed by atoms with van der Waals surface area (Å²) in [4.78, 5) is 14.1. The van der Waals surface area contributed by atoms with Crippen molar-refractivity contribution in [3.8, 4) is 0 Å².